The summed E-state index contributed by atoms with van der Waals surface area (Å²) in [5.41, 5.74) is 2.42. The Morgan fingerprint density at radius 1 is 1.00 bits per heavy atom. The summed E-state index contributed by atoms with van der Waals surface area (Å²) in [7, 11) is 0. The van der Waals surface area contributed by atoms with E-state index in [2.05, 4.69) is 28.0 Å². The summed E-state index contributed by atoms with van der Waals surface area (Å²) >= 11 is 6.25. The molecule has 4 nitrogen and oxygen atoms in total. The maximum atomic E-state index is 9.05. The van der Waals surface area contributed by atoms with Crippen molar-refractivity contribution >= 4 is 36.4 Å². The molecule has 0 bridgehead atoms. The molecule has 1 N–H and O–H groups in total. The van der Waals surface area contributed by atoms with Gasteiger partial charge in [-0.2, -0.15) is 0 Å². The molecule has 154 valence electrons. The SMILES string of the molecule is Cl.Cl.OCCCN1CCN(C2Cc3cc(Cl)ccc3Oc3ccccc32)CC1. The normalized spacial score (nSPS) is 19.3. The van der Waals surface area contributed by atoms with Gasteiger partial charge in [-0.15, -0.1) is 24.8 Å². The quantitative estimate of drug-likeness (QED) is 0.747. The molecule has 0 spiro atoms. The molecular weight excluding hydrogens is 419 g/mol. The van der Waals surface area contributed by atoms with E-state index in [0.29, 0.717) is 6.04 Å². The second-order valence-corrected chi connectivity index (χ2v) is 7.50. The topological polar surface area (TPSA) is 35.9 Å². The molecule has 0 aliphatic carbocycles. The van der Waals surface area contributed by atoms with Gasteiger partial charge in [-0.05, 0) is 42.7 Å². The van der Waals surface area contributed by atoms with E-state index >= 15 is 0 Å². The Balaban J connectivity index is 0.00000140. The van der Waals surface area contributed by atoms with Crippen molar-refractivity contribution in [2.45, 2.75) is 18.9 Å². The van der Waals surface area contributed by atoms with Crippen LogP contribution in [0, 0.1) is 0 Å². The van der Waals surface area contributed by atoms with E-state index in [1.807, 2.05) is 24.3 Å². The minimum absolute atomic E-state index is 0. The summed E-state index contributed by atoms with van der Waals surface area (Å²) in [4.78, 5) is 5.00. The average molecular weight is 446 g/mol. The molecule has 0 amide bonds. The molecule has 0 saturated carbocycles. The molecule has 7 heteroatoms. The van der Waals surface area contributed by atoms with Crippen LogP contribution in [0.15, 0.2) is 42.5 Å². The number of ether oxygens (including phenoxy) is 1. The largest absolute Gasteiger partial charge is 0.457 e. The summed E-state index contributed by atoms with van der Waals surface area (Å²) in [5, 5.41) is 9.80. The molecule has 0 radical (unpaired) electrons. The van der Waals surface area contributed by atoms with E-state index in [4.69, 9.17) is 21.4 Å². The van der Waals surface area contributed by atoms with Crippen LogP contribution in [0.2, 0.25) is 5.02 Å². The van der Waals surface area contributed by atoms with Gasteiger partial charge in [0.2, 0.25) is 0 Å². The monoisotopic (exact) mass is 444 g/mol. The van der Waals surface area contributed by atoms with E-state index in [1.165, 1.54) is 11.1 Å². The third-order valence-electron chi connectivity index (χ3n) is 5.41. The average Bonchev–Trinajstić information content (AvgIpc) is 2.83. The van der Waals surface area contributed by atoms with E-state index < -0.39 is 0 Å². The van der Waals surface area contributed by atoms with Crippen LogP contribution in [0.25, 0.3) is 0 Å². The number of benzene rings is 2. The van der Waals surface area contributed by atoms with Crippen molar-refractivity contribution in [3.63, 3.8) is 0 Å². The maximum absolute atomic E-state index is 9.05. The van der Waals surface area contributed by atoms with Crippen LogP contribution in [0.1, 0.15) is 23.6 Å². The van der Waals surface area contributed by atoms with Gasteiger partial charge in [-0.25, -0.2) is 0 Å². The highest BCUT2D eigenvalue weighted by atomic mass is 35.5. The molecule has 28 heavy (non-hydrogen) atoms. The fraction of sp³-hybridized carbons (Fsp3) is 0.429. The Labute approximate surface area is 184 Å². The molecule has 1 atom stereocenters. The smallest absolute Gasteiger partial charge is 0.132 e. The molecule has 2 aromatic rings. The van der Waals surface area contributed by atoms with Gasteiger partial charge in [-0.1, -0.05) is 29.8 Å². The highest BCUT2D eigenvalue weighted by molar-refractivity contribution is 6.30. The number of piperazine rings is 1. The maximum Gasteiger partial charge on any atom is 0.132 e. The van der Waals surface area contributed by atoms with Crippen LogP contribution in [0.5, 0.6) is 11.5 Å². The Morgan fingerprint density at radius 2 is 1.75 bits per heavy atom. The predicted octanol–water partition coefficient (Wildman–Crippen LogP) is 4.57. The van der Waals surface area contributed by atoms with Crippen molar-refractivity contribution in [1.29, 1.82) is 0 Å². The third kappa shape index (κ3) is 5.12. The van der Waals surface area contributed by atoms with Gasteiger partial charge in [0.15, 0.2) is 0 Å². The first kappa shape index (κ1) is 23.3. The second kappa shape index (κ2) is 10.7. The third-order valence-corrected chi connectivity index (χ3v) is 5.65. The summed E-state index contributed by atoms with van der Waals surface area (Å²) in [6.45, 7) is 5.39. The number of fused-ring (bicyclic) bond motifs is 2. The fourth-order valence-electron chi connectivity index (χ4n) is 4.01. The van der Waals surface area contributed by atoms with Crippen LogP contribution in [-0.4, -0.2) is 54.2 Å². The van der Waals surface area contributed by atoms with Crippen LogP contribution < -0.4 is 4.74 Å². The van der Waals surface area contributed by atoms with Crippen molar-refractivity contribution < 1.29 is 9.84 Å². The van der Waals surface area contributed by atoms with Crippen molar-refractivity contribution in [3.8, 4) is 11.5 Å². The van der Waals surface area contributed by atoms with Gasteiger partial charge >= 0.3 is 0 Å². The molecule has 2 aromatic carbocycles. The number of halogens is 3. The van der Waals surface area contributed by atoms with Gasteiger partial charge in [-0.3, -0.25) is 4.90 Å². The molecule has 2 heterocycles. The molecule has 1 fully saturated rings. The molecule has 4 rings (SSSR count). The molecule has 2 aliphatic heterocycles. The number of hydrogen-bond acceptors (Lipinski definition) is 4. The van der Waals surface area contributed by atoms with Crippen LogP contribution >= 0.6 is 36.4 Å². The lowest BCUT2D eigenvalue weighted by Crippen LogP contribution is -2.48. The number of para-hydroxylation sites is 1. The molecule has 0 aromatic heterocycles. The first-order valence-electron chi connectivity index (χ1n) is 9.37. The summed E-state index contributed by atoms with van der Waals surface area (Å²) in [5.74, 6) is 1.85. The number of rotatable bonds is 4. The lowest BCUT2D eigenvalue weighted by molar-refractivity contribution is 0.0909. The lowest BCUT2D eigenvalue weighted by Gasteiger charge is -2.39. The van der Waals surface area contributed by atoms with Gasteiger partial charge in [0, 0.05) is 56.0 Å². The minimum Gasteiger partial charge on any atom is -0.457 e. The van der Waals surface area contributed by atoms with Crippen LogP contribution in [0.4, 0.5) is 0 Å². The van der Waals surface area contributed by atoms with E-state index in [0.717, 1.165) is 62.1 Å². The van der Waals surface area contributed by atoms with Crippen molar-refractivity contribution in [1.82, 2.24) is 9.80 Å². The van der Waals surface area contributed by atoms with Crippen molar-refractivity contribution in [2.75, 3.05) is 39.3 Å². The summed E-state index contributed by atoms with van der Waals surface area (Å²) in [6.07, 6.45) is 1.76. The highest BCUT2D eigenvalue weighted by Crippen LogP contribution is 2.41. The number of nitrogens with zero attached hydrogens (tertiary/aromatic N) is 2. The van der Waals surface area contributed by atoms with Gasteiger partial charge in [0.25, 0.3) is 0 Å². The van der Waals surface area contributed by atoms with Gasteiger partial charge in [0.1, 0.15) is 11.5 Å². The molecular formula is C21H27Cl3N2O2. The molecule has 1 unspecified atom stereocenters. The first-order valence-corrected chi connectivity index (χ1v) is 9.75. The lowest BCUT2D eigenvalue weighted by atomic mass is 9.96. The summed E-state index contributed by atoms with van der Waals surface area (Å²) < 4.78 is 6.23. The predicted molar refractivity (Wildman–Crippen MR) is 119 cm³/mol. The molecule has 2 aliphatic rings. The number of aliphatic hydroxyl groups excluding tert-OH is 1. The fourth-order valence-corrected chi connectivity index (χ4v) is 4.21. The molecule has 1 saturated heterocycles. The summed E-state index contributed by atoms with van der Waals surface area (Å²) in [6, 6.07) is 14.6. The Bertz CT molecular complexity index is 767. The van der Waals surface area contributed by atoms with Gasteiger partial charge in [0.05, 0.1) is 0 Å². The number of hydrogen-bond donors (Lipinski definition) is 1. The van der Waals surface area contributed by atoms with E-state index in [1.54, 1.807) is 0 Å². The van der Waals surface area contributed by atoms with E-state index in [9.17, 15) is 0 Å². The zero-order valence-electron chi connectivity index (χ0n) is 15.7. The van der Waals surface area contributed by atoms with Crippen LogP contribution in [0.3, 0.4) is 0 Å². The first-order chi connectivity index (χ1) is 12.7. The van der Waals surface area contributed by atoms with Crippen LogP contribution in [-0.2, 0) is 6.42 Å². The van der Waals surface area contributed by atoms with Crippen molar-refractivity contribution in [2.24, 2.45) is 0 Å². The highest BCUT2D eigenvalue weighted by Gasteiger charge is 2.30. The second-order valence-electron chi connectivity index (χ2n) is 7.07. The Kier molecular flexibility index (Phi) is 8.87. The van der Waals surface area contributed by atoms with Crippen molar-refractivity contribution in [3.05, 3.63) is 58.6 Å². The minimum atomic E-state index is 0. The zero-order chi connectivity index (χ0) is 17.9. The van der Waals surface area contributed by atoms with E-state index in [-0.39, 0.29) is 31.4 Å². The zero-order valence-corrected chi connectivity index (χ0v) is 18.1. The van der Waals surface area contributed by atoms with Gasteiger partial charge < -0.3 is 14.7 Å². The number of aliphatic hydroxyl groups is 1. The standard InChI is InChI=1S/C21H25ClN2O2.2ClH/c22-17-6-7-20-16(14-17)15-19(18-4-1-2-5-21(18)26-20)24-11-9-23(10-12-24)8-3-13-25;;/h1-2,4-7,14,19,25H,3,8-13,15H2;2*1H. The Morgan fingerprint density at radius 3 is 2.50 bits per heavy atom. The Hall–Kier alpha value is -1.01.